The number of benzene rings is 2. The van der Waals surface area contributed by atoms with Crippen LogP contribution in [0.2, 0.25) is 0 Å². The molecule has 0 aliphatic carbocycles. The van der Waals surface area contributed by atoms with E-state index in [9.17, 15) is 10.2 Å². The van der Waals surface area contributed by atoms with Gasteiger partial charge in [0.1, 0.15) is 11.6 Å². The van der Waals surface area contributed by atoms with Crippen LogP contribution in [0.15, 0.2) is 54.6 Å². The van der Waals surface area contributed by atoms with Crippen molar-refractivity contribution in [3.8, 4) is 17.0 Å². The average molecular weight is 392 g/mol. The summed E-state index contributed by atoms with van der Waals surface area (Å²) in [5.74, 6) is 1.44. The first-order chi connectivity index (χ1) is 14.1. The number of hydrogen-bond donors (Lipinski definition) is 3. The molecule has 4 rings (SSSR count). The van der Waals surface area contributed by atoms with Crippen LogP contribution < -0.4 is 10.2 Å². The fourth-order valence-electron chi connectivity index (χ4n) is 3.24. The van der Waals surface area contributed by atoms with Crippen LogP contribution in [-0.2, 0) is 4.74 Å². The molecule has 1 unspecified atom stereocenters. The van der Waals surface area contributed by atoms with Gasteiger partial charge in [-0.1, -0.05) is 24.3 Å². The maximum absolute atomic E-state index is 9.87. The first-order valence-electron chi connectivity index (χ1n) is 9.65. The maximum Gasteiger partial charge on any atom is 0.228 e. The normalized spacial score (nSPS) is 15.2. The molecule has 2 heterocycles. The average Bonchev–Trinajstić information content (AvgIpc) is 2.74. The summed E-state index contributed by atoms with van der Waals surface area (Å²) in [6, 6.07) is 16.5. The van der Waals surface area contributed by atoms with Gasteiger partial charge in [0, 0.05) is 30.4 Å². The van der Waals surface area contributed by atoms with E-state index in [-0.39, 0.29) is 5.75 Å². The molecule has 7 nitrogen and oxygen atoms in total. The van der Waals surface area contributed by atoms with Crippen LogP contribution in [0.25, 0.3) is 11.3 Å². The third kappa shape index (κ3) is 4.64. The monoisotopic (exact) mass is 392 g/mol. The number of aromatic nitrogens is 2. The highest BCUT2D eigenvalue weighted by atomic mass is 16.5. The third-order valence-corrected chi connectivity index (χ3v) is 4.79. The molecule has 7 heteroatoms. The molecular formula is C22H24N4O3. The van der Waals surface area contributed by atoms with Crippen LogP contribution in [0, 0.1) is 0 Å². The molecule has 1 saturated heterocycles. The molecule has 3 N–H and O–H groups in total. The maximum atomic E-state index is 9.87. The van der Waals surface area contributed by atoms with E-state index in [0.717, 1.165) is 29.9 Å². The molecular weight excluding hydrogens is 368 g/mol. The van der Waals surface area contributed by atoms with Gasteiger partial charge in [-0.25, -0.2) is 4.98 Å². The fraction of sp³-hybridized carbons (Fsp3) is 0.273. The van der Waals surface area contributed by atoms with E-state index in [2.05, 4.69) is 10.2 Å². The number of ether oxygens (including phenoxy) is 1. The van der Waals surface area contributed by atoms with Crippen LogP contribution >= 0.6 is 0 Å². The van der Waals surface area contributed by atoms with Crippen molar-refractivity contribution in [2.45, 2.75) is 13.0 Å². The van der Waals surface area contributed by atoms with E-state index < -0.39 is 6.10 Å². The second-order valence-corrected chi connectivity index (χ2v) is 7.01. The second-order valence-electron chi connectivity index (χ2n) is 7.01. The molecule has 1 atom stereocenters. The van der Waals surface area contributed by atoms with Crippen molar-refractivity contribution in [1.29, 1.82) is 0 Å². The minimum atomic E-state index is -0.547. The van der Waals surface area contributed by atoms with Gasteiger partial charge in [-0.2, -0.15) is 4.98 Å². The molecule has 1 fully saturated rings. The zero-order valence-electron chi connectivity index (χ0n) is 16.2. The Kier molecular flexibility index (Phi) is 5.59. The third-order valence-electron chi connectivity index (χ3n) is 4.79. The van der Waals surface area contributed by atoms with E-state index in [1.807, 2.05) is 36.4 Å². The summed E-state index contributed by atoms with van der Waals surface area (Å²) in [6.45, 7) is 4.46. The van der Waals surface area contributed by atoms with Gasteiger partial charge < -0.3 is 25.2 Å². The van der Waals surface area contributed by atoms with Gasteiger partial charge in [0.15, 0.2) is 0 Å². The summed E-state index contributed by atoms with van der Waals surface area (Å²) < 4.78 is 5.44. The lowest BCUT2D eigenvalue weighted by atomic mass is 10.1. The Balaban J connectivity index is 1.72. The Hall–Kier alpha value is -3.16. The number of anilines is 3. The number of aromatic hydroxyl groups is 1. The van der Waals surface area contributed by atoms with Gasteiger partial charge in [0.2, 0.25) is 5.95 Å². The molecule has 1 aromatic heterocycles. The standard InChI is InChI=1S/C22H24N4O3/c1-15(27)16-4-2-6-18(12-16)23-21-14-20(17-5-3-7-19(28)13-17)24-22(25-21)26-8-10-29-11-9-26/h2-7,12-15,27-28H,8-11H2,1H3,(H,23,24,25). The summed E-state index contributed by atoms with van der Waals surface area (Å²) in [5.41, 5.74) is 3.18. The number of phenols is 1. The van der Waals surface area contributed by atoms with Crippen molar-refractivity contribution in [3.63, 3.8) is 0 Å². The lowest BCUT2D eigenvalue weighted by Crippen LogP contribution is -2.37. The summed E-state index contributed by atoms with van der Waals surface area (Å²) in [5, 5.41) is 23.0. The van der Waals surface area contributed by atoms with Crippen LogP contribution in [-0.4, -0.2) is 46.5 Å². The highest BCUT2D eigenvalue weighted by Crippen LogP contribution is 2.28. The minimum absolute atomic E-state index is 0.188. The van der Waals surface area contributed by atoms with Gasteiger partial charge in [0.25, 0.3) is 0 Å². The highest BCUT2D eigenvalue weighted by Gasteiger charge is 2.17. The Morgan fingerprint density at radius 2 is 1.83 bits per heavy atom. The highest BCUT2D eigenvalue weighted by molar-refractivity contribution is 5.68. The van der Waals surface area contributed by atoms with Crippen LogP contribution in [0.1, 0.15) is 18.6 Å². The van der Waals surface area contributed by atoms with Gasteiger partial charge in [-0.3, -0.25) is 0 Å². The number of morpholine rings is 1. The molecule has 2 aromatic carbocycles. The predicted molar refractivity (Wildman–Crippen MR) is 113 cm³/mol. The van der Waals surface area contributed by atoms with Gasteiger partial charge in [-0.05, 0) is 36.8 Å². The lowest BCUT2D eigenvalue weighted by molar-refractivity contribution is 0.122. The molecule has 1 aliphatic rings. The molecule has 0 amide bonds. The molecule has 0 saturated carbocycles. The number of rotatable bonds is 5. The summed E-state index contributed by atoms with van der Waals surface area (Å²) in [7, 11) is 0. The summed E-state index contributed by atoms with van der Waals surface area (Å²) in [6.07, 6.45) is -0.547. The molecule has 150 valence electrons. The number of nitrogens with zero attached hydrogens (tertiary/aromatic N) is 3. The van der Waals surface area contributed by atoms with Crippen molar-refractivity contribution < 1.29 is 14.9 Å². The van der Waals surface area contributed by atoms with Crippen molar-refractivity contribution >= 4 is 17.5 Å². The number of nitrogens with one attached hydrogen (secondary N) is 1. The number of phenolic OH excluding ortho intramolecular Hbond substituents is 1. The van der Waals surface area contributed by atoms with Crippen molar-refractivity contribution in [2.24, 2.45) is 0 Å². The topological polar surface area (TPSA) is 90.7 Å². The molecule has 1 aliphatic heterocycles. The molecule has 0 spiro atoms. The summed E-state index contributed by atoms with van der Waals surface area (Å²) >= 11 is 0. The number of aliphatic hydroxyl groups is 1. The van der Waals surface area contributed by atoms with Crippen molar-refractivity contribution in [3.05, 3.63) is 60.2 Å². The summed E-state index contributed by atoms with van der Waals surface area (Å²) in [4.78, 5) is 11.5. The second kappa shape index (κ2) is 8.46. The van der Waals surface area contributed by atoms with E-state index in [0.29, 0.717) is 30.7 Å². The minimum Gasteiger partial charge on any atom is -0.508 e. The predicted octanol–water partition coefficient (Wildman–Crippen LogP) is 3.48. The Bertz CT molecular complexity index is 987. The molecule has 0 bridgehead atoms. The smallest absolute Gasteiger partial charge is 0.228 e. The number of aliphatic hydroxyl groups excluding tert-OH is 1. The van der Waals surface area contributed by atoms with Gasteiger partial charge in [-0.15, -0.1) is 0 Å². The van der Waals surface area contributed by atoms with Gasteiger partial charge in [0.05, 0.1) is 25.0 Å². The van der Waals surface area contributed by atoms with Crippen LogP contribution in [0.4, 0.5) is 17.5 Å². The molecule has 29 heavy (non-hydrogen) atoms. The Morgan fingerprint density at radius 1 is 1.03 bits per heavy atom. The number of hydrogen-bond acceptors (Lipinski definition) is 7. The van der Waals surface area contributed by atoms with Crippen LogP contribution in [0.5, 0.6) is 5.75 Å². The zero-order chi connectivity index (χ0) is 20.2. The van der Waals surface area contributed by atoms with E-state index in [4.69, 9.17) is 14.7 Å². The molecule has 0 radical (unpaired) electrons. The largest absolute Gasteiger partial charge is 0.508 e. The lowest BCUT2D eigenvalue weighted by Gasteiger charge is -2.27. The van der Waals surface area contributed by atoms with E-state index in [1.165, 1.54) is 0 Å². The first kappa shape index (κ1) is 19.2. The molecule has 3 aromatic rings. The van der Waals surface area contributed by atoms with E-state index in [1.54, 1.807) is 25.1 Å². The first-order valence-corrected chi connectivity index (χ1v) is 9.65. The van der Waals surface area contributed by atoms with Crippen LogP contribution in [0.3, 0.4) is 0 Å². The van der Waals surface area contributed by atoms with Crippen molar-refractivity contribution in [2.75, 3.05) is 36.5 Å². The Labute approximate surface area is 169 Å². The van der Waals surface area contributed by atoms with Gasteiger partial charge >= 0.3 is 0 Å². The van der Waals surface area contributed by atoms with E-state index >= 15 is 0 Å². The fourth-order valence-corrected chi connectivity index (χ4v) is 3.24. The van der Waals surface area contributed by atoms with Crippen molar-refractivity contribution in [1.82, 2.24) is 9.97 Å². The quantitative estimate of drug-likeness (QED) is 0.612. The SMILES string of the molecule is CC(O)c1cccc(Nc2cc(-c3cccc(O)c3)nc(N3CCOCC3)n2)c1. The Morgan fingerprint density at radius 3 is 2.59 bits per heavy atom. The zero-order valence-corrected chi connectivity index (χ0v) is 16.2.